The highest BCUT2D eigenvalue weighted by Gasteiger charge is 2.16. The van der Waals surface area contributed by atoms with Gasteiger partial charge in [-0.25, -0.2) is 0 Å². The Labute approximate surface area is 456 Å². The molecule has 10 aromatic carbocycles. The second-order valence-electron chi connectivity index (χ2n) is 19.7. The molecule has 0 aliphatic carbocycles. The van der Waals surface area contributed by atoms with Crippen LogP contribution in [0.5, 0.6) is 0 Å². The third-order valence-corrected chi connectivity index (χ3v) is 13.4. The summed E-state index contributed by atoms with van der Waals surface area (Å²) in [5, 5.41) is 0. The maximum atomic E-state index is 2.35. The lowest BCUT2D eigenvalue weighted by Gasteiger charge is -2.27. The van der Waals surface area contributed by atoms with E-state index in [1.54, 1.807) is 0 Å². The predicted octanol–water partition coefficient (Wildman–Crippen LogP) is 21.2. The van der Waals surface area contributed by atoms with Gasteiger partial charge < -0.3 is 4.90 Å². The smallest absolute Gasteiger partial charge is 0.0464 e. The Bertz CT molecular complexity index is 3410. The van der Waals surface area contributed by atoms with Gasteiger partial charge in [0, 0.05) is 17.1 Å². The highest BCUT2D eigenvalue weighted by molar-refractivity contribution is 5.93. The van der Waals surface area contributed by atoms with Gasteiger partial charge in [-0.2, -0.15) is 0 Å². The maximum absolute atomic E-state index is 2.35. The zero-order valence-electron chi connectivity index (χ0n) is 46.7. The number of anilines is 3. The fourth-order valence-corrected chi connectivity index (χ4v) is 9.07. The summed E-state index contributed by atoms with van der Waals surface area (Å²) in [6.07, 6.45) is 4.56. The fourth-order valence-electron chi connectivity index (χ4n) is 9.07. The van der Waals surface area contributed by atoms with Crippen molar-refractivity contribution in [3.8, 4) is 11.1 Å². The van der Waals surface area contributed by atoms with Gasteiger partial charge in [-0.1, -0.05) is 259 Å². The predicted molar refractivity (Wildman–Crippen MR) is 333 cm³/mol. The van der Waals surface area contributed by atoms with Crippen LogP contribution in [0.25, 0.3) is 34.4 Å². The summed E-state index contributed by atoms with van der Waals surface area (Å²) in [7, 11) is 0. The second-order valence-corrected chi connectivity index (χ2v) is 19.7. The molecule has 0 N–H and O–H groups in total. The van der Waals surface area contributed by atoms with E-state index in [-0.39, 0.29) is 0 Å². The van der Waals surface area contributed by atoms with Crippen molar-refractivity contribution in [2.24, 2.45) is 0 Å². The molecule has 0 atom stereocenters. The van der Waals surface area contributed by atoms with Gasteiger partial charge in [0.15, 0.2) is 0 Å². The molecule has 0 bridgehead atoms. The van der Waals surface area contributed by atoms with E-state index >= 15 is 0 Å². The molecular formula is C75H75N. The first kappa shape index (κ1) is 55.2. The average Bonchev–Trinajstić information content (AvgIpc) is 3.44. The highest BCUT2D eigenvalue weighted by Crippen LogP contribution is 2.39. The third-order valence-electron chi connectivity index (χ3n) is 13.4. The Kier molecular flexibility index (Phi) is 19.7. The average molecular weight is 990 g/mol. The molecule has 76 heavy (non-hydrogen) atoms. The van der Waals surface area contributed by atoms with Gasteiger partial charge >= 0.3 is 0 Å². The Morgan fingerprint density at radius 3 is 0.921 bits per heavy atom. The van der Waals surface area contributed by atoms with Crippen molar-refractivity contribution < 1.29 is 0 Å². The molecule has 10 rings (SSSR count). The number of aryl methyl sites for hydroxylation is 9. The van der Waals surface area contributed by atoms with E-state index in [0.29, 0.717) is 0 Å². The van der Waals surface area contributed by atoms with Crippen LogP contribution >= 0.6 is 0 Å². The van der Waals surface area contributed by atoms with Gasteiger partial charge in [0.2, 0.25) is 0 Å². The quantitative estimate of drug-likeness (QED) is 0.123. The summed E-state index contributed by atoms with van der Waals surface area (Å²) in [5.74, 6) is 0. The molecule has 0 radical (unpaired) electrons. The summed E-state index contributed by atoms with van der Waals surface area (Å²) < 4.78 is 0. The van der Waals surface area contributed by atoms with E-state index < -0.39 is 0 Å². The number of nitrogens with zero attached hydrogens (tertiary/aromatic N) is 1. The van der Waals surface area contributed by atoms with Crippen LogP contribution in [0.15, 0.2) is 243 Å². The molecule has 380 valence electrons. The summed E-state index contributed by atoms with van der Waals surface area (Å²) in [4.78, 5) is 2.35. The van der Waals surface area contributed by atoms with Crippen molar-refractivity contribution in [1.82, 2.24) is 0 Å². The molecule has 0 spiro atoms. The van der Waals surface area contributed by atoms with Crippen molar-refractivity contribution >= 4 is 40.4 Å². The minimum absolute atomic E-state index is 1.13. The Morgan fingerprint density at radius 2 is 0.539 bits per heavy atom. The normalized spacial score (nSPS) is 11.0. The summed E-state index contributed by atoms with van der Waals surface area (Å²) in [6, 6.07) is 87.1. The molecule has 0 saturated heterocycles. The van der Waals surface area contributed by atoms with Crippen molar-refractivity contribution in [2.45, 2.75) is 76.2 Å². The molecule has 0 aromatic heterocycles. The van der Waals surface area contributed by atoms with Crippen LogP contribution in [0.4, 0.5) is 17.1 Å². The summed E-state index contributed by atoms with van der Waals surface area (Å²) >= 11 is 0. The molecule has 1 nitrogen and oxygen atoms in total. The number of hydrogen-bond donors (Lipinski definition) is 0. The van der Waals surface area contributed by atoms with Crippen LogP contribution in [-0.4, -0.2) is 0 Å². The fraction of sp³-hybridized carbons (Fsp3) is 0.147. The van der Waals surface area contributed by atoms with Crippen LogP contribution in [0.3, 0.4) is 0 Å². The van der Waals surface area contributed by atoms with E-state index in [4.69, 9.17) is 0 Å². The van der Waals surface area contributed by atoms with Gasteiger partial charge in [0.25, 0.3) is 0 Å². The van der Waals surface area contributed by atoms with Crippen molar-refractivity contribution in [1.29, 1.82) is 0 Å². The van der Waals surface area contributed by atoms with E-state index in [2.05, 4.69) is 322 Å². The number of benzene rings is 10. The number of rotatable bonds is 10. The van der Waals surface area contributed by atoms with Gasteiger partial charge in [-0.15, -0.1) is 0 Å². The first-order valence-electron chi connectivity index (χ1n) is 26.8. The van der Waals surface area contributed by atoms with E-state index in [1.807, 2.05) is 13.8 Å². The molecule has 0 fully saturated rings. The molecule has 0 unspecified atom stereocenters. The zero-order valence-corrected chi connectivity index (χ0v) is 46.7. The largest absolute Gasteiger partial charge is 0.310 e. The molecular weight excluding hydrogens is 915 g/mol. The lowest BCUT2D eigenvalue weighted by atomic mass is 9.94. The Balaban J connectivity index is 0.000000216. The minimum Gasteiger partial charge on any atom is -0.310 e. The van der Waals surface area contributed by atoms with Crippen LogP contribution in [0.1, 0.15) is 97.3 Å². The van der Waals surface area contributed by atoms with E-state index in [9.17, 15) is 0 Å². The van der Waals surface area contributed by atoms with Gasteiger partial charge in [0.05, 0.1) is 0 Å². The highest BCUT2D eigenvalue weighted by atomic mass is 15.1. The molecule has 0 amide bonds. The topological polar surface area (TPSA) is 3.24 Å². The molecule has 0 aliphatic heterocycles. The van der Waals surface area contributed by atoms with Crippen molar-refractivity contribution in [3.63, 3.8) is 0 Å². The summed E-state index contributed by atoms with van der Waals surface area (Å²) in [5.41, 5.74) is 27.4. The van der Waals surface area contributed by atoms with Gasteiger partial charge in [-0.05, 0) is 178 Å². The Hall–Kier alpha value is -8.52. The summed E-state index contributed by atoms with van der Waals surface area (Å²) in [6.45, 7) is 23.3. The number of hydrogen-bond acceptors (Lipinski definition) is 1. The van der Waals surface area contributed by atoms with Gasteiger partial charge in [-0.3, -0.25) is 0 Å². The van der Waals surface area contributed by atoms with Gasteiger partial charge in [0.1, 0.15) is 0 Å². The maximum Gasteiger partial charge on any atom is 0.0464 e. The molecule has 0 saturated carbocycles. The van der Waals surface area contributed by atoms with Crippen LogP contribution in [-0.2, 0) is 0 Å². The lowest BCUT2D eigenvalue weighted by Crippen LogP contribution is -2.10. The van der Waals surface area contributed by atoms with Crippen molar-refractivity contribution in [3.05, 3.63) is 326 Å². The van der Waals surface area contributed by atoms with Crippen LogP contribution < -0.4 is 4.90 Å². The zero-order chi connectivity index (χ0) is 54.0. The third kappa shape index (κ3) is 15.3. The van der Waals surface area contributed by atoms with Crippen LogP contribution in [0.2, 0.25) is 0 Å². The molecule has 1 heteroatoms. The minimum atomic E-state index is 1.13. The molecule has 0 heterocycles. The van der Waals surface area contributed by atoms with E-state index in [0.717, 1.165) is 17.1 Å². The second kappa shape index (κ2) is 27.1. The molecule has 0 aliphatic rings. The standard InChI is InChI=1S/C43H39N.C22H20.C8H10.C2H6/c1-30-11-18-37(19-12-30)43(36-9-7-6-8-10-36)29-35-16-22-39(23-17-35)44(38-20-13-31(2)14-21-38)40-24-26-42(34(5)28-40)41-25-15-32(3)27-33(41)4;1-17-8-12-19(13-9-17)16-22(20-6-4-3-5-7-20)21-14-10-18(2)11-15-21;1-7-3-5-8(2)6-4-7;1-2/h6-29H,1-5H3;3-16H,1-2H3;3-6H,1-2H3;1-2H3/b43-29+;22-16+;;. The lowest BCUT2D eigenvalue weighted by molar-refractivity contribution is 1.26. The Morgan fingerprint density at radius 1 is 0.263 bits per heavy atom. The van der Waals surface area contributed by atoms with Crippen molar-refractivity contribution in [2.75, 3.05) is 4.90 Å². The van der Waals surface area contributed by atoms with E-state index in [1.165, 1.54) is 106 Å². The SMILES string of the molecule is CC.Cc1ccc(/C(=C/c2ccc(N(c3ccc(C)cc3)c3ccc(-c4ccc(C)cc4C)c(C)c3)cc2)c2ccccc2)cc1.Cc1ccc(/C=C(\c2ccccc2)c2ccc(C)cc2)cc1.Cc1ccc(C)cc1. The molecule has 10 aromatic rings. The first-order valence-corrected chi connectivity index (χ1v) is 26.8. The first-order chi connectivity index (χ1) is 36.9. The monoisotopic (exact) mass is 990 g/mol. The van der Waals surface area contributed by atoms with Crippen LogP contribution in [0, 0.1) is 62.3 Å².